The first-order chi connectivity index (χ1) is 14.3. The molecule has 162 valence electrons. The topological polar surface area (TPSA) is 54.5 Å². The Morgan fingerprint density at radius 1 is 1.23 bits per heavy atom. The molecule has 2 heterocycles. The Morgan fingerprint density at radius 3 is 2.57 bits per heavy atom. The summed E-state index contributed by atoms with van der Waals surface area (Å²) in [5.74, 6) is 1.40. The zero-order valence-electron chi connectivity index (χ0n) is 18.9. The maximum Gasteiger partial charge on any atom is 0.225 e. The summed E-state index contributed by atoms with van der Waals surface area (Å²) in [6, 6.07) is 12.2. The number of rotatable bonds is 6. The molecule has 0 radical (unpaired) electrons. The van der Waals surface area contributed by atoms with E-state index in [-0.39, 0.29) is 11.9 Å². The number of amides is 1. The lowest BCUT2D eigenvalue weighted by molar-refractivity contribution is -0.129. The Bertz CT molecular complexity index is 837. The Balaban J connectivity index is 1.69. The molecule has 5 nitrogen and oxygen atoms in total. The van der Waals surface area contributed by atoms with Crippen LogP contribution in [-0.4, -0.2) is 36.0 Å². The van der Waals surface area contributed by atoms with Crippen molar-refractivity contribution in [3.63, 3.8) is 0 Å². The highest BCUT2D eigenvalue weighted by Gasteiger charge is 2.32. The summed E-state index contributed by atoms with van der Waals surface area (Å²) in [7, 11) is 1.73. The average molecular weight is 410 g/mol. The van der Waals surface area contributed by atoms with Crippen LogP contribution in [0.3, 0.4) is 0 Å². The highest BCUT2D eigenvalue weighted by molar-refractivity contribution is 5.81. The number of benzene rings is 1. The summed E-state index contributed by atoms with van der Waals surface area (Å²) >= 11 is 0. The Morgan fingerprint density at radius 2 is 1.97 bits per heavy atom. The second-order valence-electron chi connectivity index (χ2n) is 9.38. The Hall–Kier alpha value is -2.40. The van der Waals surface area contributed by atoms with Crippen LogP contribution >= 0.6 is 0 Å². The number of carbonyl (C=O) groups is 1. The van der Waals surface area contributed by atoms with E-state index in [0.29, 0.717) is 5.92 Å². The summed E-state index contributed by atoms with van der Waals surface area (Å²) in [6.45, 7) is 10.9. The van der Waals surface area contributed by atoms with Gasteiger partial charge in [0.2, 0.25) is 5.91 Å². The molecule has 1 unspecified atom stereocenters. The van der Waals surface area contributed by atoms with Gasteiger partial charge >= 0.3 is 0 Å². The standard InChI is InChI=1S/C25H35N3O2/c1-18-9-10-22(30-5)20(16-18)17-28-14-11-19(12-15-28)23(21-8-6-7-13-26-21)27-24(29)25(2,3)4/h6-10,13,16,19,23H,11-12,14-15,17H2,1-5H3,(H,27,29). The highest BCUT2D eigenvalue weighted by atomic mass is 16.5. The van der Waals surface area contributed by atoms with E-state index in [1.165, 1.54) is 11.1 Å². The van der Waals surface area contributed by atoms with Gasteiger partial charge in [0.05, 0.1) is 18.8 Å². The van der Waals surface area contributed by atoms with Gasteiger partial charge < -0.3 is 10.1 Å². The van der Waals surface area contributed by atoms with Crippen molar-refractivity contribution in [2.24, 2.45) is 11.3 Å². The molecule has 1 aromatic heterocycles. The van der Waals surface area contributed by atoms with Crippen LogP contribution in [0.2, 0.25) is 0 Å². The molecule has 0 aliphatic carbocycles. The van der Waals surface area contributed by atoms with Crippen molar-refractivity contribution < 1.29 is 9.53 Å². The number of ether oxygens (including phenoxy) is 1. The molecule has 1 atom stereocenters. The quantitative estimate of drug-likeness (QED) is 0.762. The number of piperidine rings is 1. The first-order valence-corrected chi connectivity index (χ1v) is 10.9. The number of nitrogens with one attached hydrogen (secondary N) is 1. The minimum absolute atomic E-state index is 0.0476. The number of likely N-dealkylation sites (tertiary alicyclic amines) is 1. The third kappa shape index (κ3) is 5.60. The fraction of sp³-hybridized carbons (Fsp3) is 0.520. The van der Waals surface area contributed by atoms with Gasteiger partial charge in [0.25, 0.3) is 0 Å². The minimum Gasteiger partial charge on any atom is -0.496 e. The fourth-order valence-corrected chi connectivity index (χ4v) is 4.07. The molecule has 1 amide bonds. The summed E-state index contributed by atoms with van der Waals surface area (Å²) in [6.07, 6.45) is 3.87. The van der Waals surface area contributed by atoms with Crippen molar-refractivity contribution in [1.82, 2.24) is 15.2 Å². The molecule has 0 spiro atoms. The van der Waals surface area contributed by atoms with Gasteiger partial charge in [0.1, 0.15) is 5.75 Å². The van der Waals surface area contributed by atoms with Gasteiger partial charge in [-0.2, -0.15) is 0 Å². The largest absolute Gasteiger partial charge is 0.496 e. The van der Waals surface area contributed by atoms with Gasteiger partial charge in [-0.15, -0.1) is 0 Å². The zero-order chi connectivity index (χ0) is 21.7. The van der Waals surface area contributed by atoms with Crippen molar-refractivity contribution in [2.75, 3.05) is 20.2 Å². The van der Waals surface area contributed by atoms with Gasteiger partial charge in [0, 0.05) is 23.7 Å². The van der Waals surface area contributed by atoms with Gasteiger partial charge in [0.15, 0.2) is 0 Å². The van der Waals surface area contributed by atoms with Crippen LogP contribution in [0.5, 0.6) is 5.75 Å². The van der Waals surface area contributed by atoms with Crippen molar-refractivity contribution in [3.8, 4) is 5.75 Å². The van der Waals surface area contributed by atoms with Crippen molar-refractivity contribution >= 4 is 5.91 Å². The molecule has 1 fully saturated rings. The molecule has 0 saturated carbocycles. The highest BCUT2D eigenvalue weighted by Crippen LogP contribution is 2.32. The molecule has 3 rings (SSSR count). The van der Waals surface area contributed by atoms with Crippen molar-refractivity contribution in [3.05, 3.63) is 59.4 Å². The second kappa shape index (κ2) is 9.61. The molecule has 1 N–H and O–H groups in total. The van der Waals surface area contributed by atoms with Crippen molar-refractivity contribution in [1.29, 1.82) is 0 Å². The number of aromatic nitrogens is 1. The van der Waals surface area contributed by atoms with Crippen LogP contribution in [0.25, 0.3) is 0 Å². The van der Waals surface area contributed by atoms with Gasteiger partial charge in [-0.25, -0.2) is 0 Å². The monoisotopic (exact) mass is 409 g/mol. The lowest BCUT2D eigenvalue weighted by Crippen LogP contribution is -2.44. The lowest BCUT2D eigenvalue weighted by atomic mass is 9.85. The lowest BCUT2D eigenvalue weighted by Gasteiger charge is -2.37. The van der Waals surface area contributed by atoms with E-state index in [0.717, 1.165) is 43.9 Å². The second-order valence-corrected chi connectivity index (χ2v) is 9.38. The molecule has 1 aromatic carbocycles. The van der Waals surface area contributed by atoms with E-state index in [1.54, 1.807) is 7.11 Å². The van der Waals surface area contributed by atoms with Crippen molar-refractivity contribution in [2.45, 2.75) is 53.1 Å². The van der Waals surface area contributed by atoms with Crippen LogP contribution in [0.15, 0.2) is 42.6 Å². The predicted octanol–water partition coefficient (Wildman–Crippen LogP) is 4.51. The van der Waals surface area contributed by atoms with E-state index in [9.17, 15) is 4.79 Å². The van der Waals surface area contributed by atoms with E-state index < -0.39 is 5.41 Å². The normalized spacial score (nSPS) is 16.8. The molecule has 0 bridgehead atoms. The van der Waals surface area contributed by atoms with Crippen LogP contribution < -0.4 is 10.1 Å². The molecular formula is C25H35N3O2. The first-order valence-electron chi connectivity index (χ1n) is 10.9. The number of hydrogen-bond acceptors (Lipinski definition) is 4. The molecule has 2 aromatic rings. The molecule has 1 aliphatic heterocycles. The average Bonchev–Trinajstić information content (AvgIpc) is 2.73. The number of methoxy groups -OCH3 is 1. The summed E-state index contributed by atoms with van der Waals surface area (Å²) in [5.41, 5.74) is 3.02. The minimum atomic E-state index is -0.421. The summed E-state index contributed by atoms with van der Waals surface area (Å²) < 4.78 is 5.55. The number of hydrogen-bond donors (Lipinski definition) is 1. The number of aryl methyl sites for hydroxylation is 1. The molecule has 5 heteroatoms. The number of carbonyl (C=O) groups excluding carboxylic acids is 1. The van der Waals surface area contributed by atoms with Crippen LogP contribution in [-0.2, 0) is 11.3 Å². The molecule has 1 aliphatic rings. The maximum absolute atomic E-state index is 12.7. The van der Waals surface area contributed by atoms with E-state index in [2.05, 4.69) is 40.3 Å². The van der Waals surface area contributed by atoms with E-state index in [1.807, 2.05) is 45.2 Å². The first kappa shape index (κ1) is 22.3. The smallest absolute Gasteiger partial charge is 0.225 e. The molecule has 30 heavy (non-hydrogen) atoms. The summed E-state index contributed by atoms with van der Waals surface area (Å²) in [4.78, 5) is 19.8. The number of nitrogens with zero attached hydrogens (tertiary/aromatic N) is 2. The van der Waals surface area contributed by atoms with Crippen LogP contribution in [0.1, 0.15) is 56.5 Å². The van der Waals surface area contributed by atoms with Gasteiger partial charge in [-0.3, -0.25) is 14.7 Å². The van der Waals surface area contributed by atoms with Crippen LogP contribution in [0, 0.1) is 18.3 Å². The predicted molar refractivity (Wildman–Crippen MR) is 120 cm³/mol. The zero-order valence-corrected chi connectivity index (χ0v) is 18.9. The van der Waals surface area contributed by atoms with E-state index in [4.69, 9.17) is 4.74 Å². The Labute approximate surface area is 180 Å². The van der Waals surface area contributed by atoms with Gasteiger partial charge in [-0.1, -0.05) is 44.5 Å². The van der Waals surface area contributed by atoms with Gasteiger partial charge in [-0.05, 0) is 57.0 Å². The van der Waals surface area contributed by atoms with E-state index >= 15 is 0 Å². The third-order valence-electron chi connectivity index (χ3n) is 5.91. The fourth-order valence-electron chi connectivity index (χ4n) is 4.07. The molecular weight excluding hydrogens is 374 g/mol. The number of pyridine rings is 1. The SMILES string of the molecule is COc1ccc(C)cc1CN1CCC(C(NC(=O)C(C)(C)C)c2ccccn2)CC1. The Kier molecular flexibility index (Phi) is 7.14. The van der Waals surface area contributed by atoms with Crippen LogP contribution in [0.4, 0.5) is 0 Å². The third-order valence-corrected chi connectivity index (χ3v) is 5.91. The maximum atomic E-state index is 12.7. The summed E-state index contributed by atoms with van der Waals surface area (Å²) in [5, 5.41) is 3.29. The molecule has 1 saturated heterocycles.